The van der Waals surface area contributed by atoms with Crippen molar-refractivity contribution in [3.05, 3.63) is 0 Å². The van der Waals surface area contributed by atoms with E-state index in [1.54, 1.807) is 0 Å². The molecule has 1 atom stereocenters. The van der Waals surface area contributed by atoms with Crippen LogP contribution in [0.3, 0.4) is 0 Å². The average Bonchev–Trinajstić information content (AvgIpc) is 2.60. The number of hydrogen-bond donors (Lipinski definition) is 1. The number of nitrogens with one attached hydrogen (secondary N) is 1. The monoisotopic (exact) mass is 227 g/mol. The van der Waals surface area contributed by atoms with Crippen LogP contribution in [-0.4, -0.2) is 62.7 Å². The molecule has 0 amide bonds. The van der Waals surface area contributed by atoms with Crippen molar-refractivity contribution in [3.63, 3.8) is 0 Å². The van der Waals surface area contributed by atoms with Gasteiger partial charge in [0, 0.05) is 18.6 Å². The van der Waals surface area contributed by atoms with Crippen molar-refractivity contribution >= 4 is 0 Å². The third kappa shape index (κ3) is 4.04. The zero-order chi connectivity index (χ0) is 12.2. The van der Waals surface area contributed by atoms with Crippen LogP contribution in [0.4, 0.5) is 0 Å². The van der Waals surface area contributed by atoms with Gasteiger partial charge >= 0.3 is 0 Å². The zero-order valence-electron chi connectivity index (χ0n) is 11.7. The molecule has 1 unspecified atom stereocenters. The molecule has 1 rings (SSSR count). The van der Waals surface area contributed by atoms with Gasteiger partial charge in [-0.3, -0.25) is 4.90 Å². The van der Waals surface area contributed by atoms with E-state index >= 15 is 0 Å². The molecule has 0 aromatic rings. The quantitative estimate of drug-likeness (QED) is 0.737. The van der Waals surface area contributed by atoms with E-state index in [9.17, 15) is 0 Å². The first-order valence-electron chi connectivity index (χ1n) is 6.50. The maximum absolute atomic E-state index is 3.27. The molecule has 1 heterocycles. The van der Waals surface area contributed by atoms with Crippen LogP contribution in [0, 0.1) is 5.92 Å². The van der Waals surface area contributed by atoms with E-state index in [2.05, 4.69) is 43.1 Å². The highest BCUT2D eigenvalue weighted by atomic mass is 15.2. The van der Waals surface area contributed by atoms with Gasteiger partial charge in [0.2, 0.25) is 0 Å². The Morgan fingerprint density at radius 2 is 2.12 bits per heavy atom. The zero-order valence-corrected chi connectivity index (χ0v) is 11.7. The van der Waals surface area contributed by atoms with E-state index in [1.807, 2.05) is 7.05 Å². The predicted molar refractivity (Wildman–Crippen MR) is 70.9 cm³/mol. The fourth-order valence-corrected chi connectivity index (χ4v) is 2.51. The highest BCUT2D eigenvalue weighted by Crippen LogP contribution is 2.20. The van der Waals surface area contributed by atoms with Crippen LogP contribution in [0.15, 0.2) is 0 Å². The van der Waals surface area contributed by atoms with Gasteiger partial charge in [0.25, 0.3) is 0 Å². The summed E-state index contributed by atoms with van der Waals surface area (Å²) in [6.45, 7) is 9.46. The minimum absolute atomic E-state index is 0.263. The standard InChI is InChI=1S/C13H29N3/c1-13(2,11-14-3)16(5)9-7-12-6-8-15(4)10-12/h12,14H,6-11H2,1-5H3. The Morgan fingerprint density at radius 1 is 1.44 bits per heavy atom. The molecular weight excluding hydrogens is 198 g/mol. The summed E-state index contributed by atoms with van der Waals surface area (Å²) in [5.41, 5.74) is 0.263. The molecule has 16 heavy (non-hydrogen) atoms. The molecule has 1 saturated heterocycles. The van der Waals surface area contributed by atoms with Gasteiger partial charge in [-0.05, 0) is 66.8 Å². The molecule has 1 N–H and O–H groups in total. The summed E-state index contributed by atoms with van der Waals surface area (Å²) in [6, 6.07) is 0. The number of likely N-dealkylation sites (tertiary alicyclic amines) is 1. The van der Waals surface area contributed by atoms with Crippen LogP contribution in [0.25, 0.3) is 0 Å². The van der Waals surface area contributed by atoms with E-state index in [-0.39, 0.29) is 5.54 Å². The average molecular weight is 227 g/mol. The molecule has 0 spiro atoms. The van der Waals surface area contributed by atoms with Crippen LogP contribution >= 0.6 is 0 Å². The third-order valence-electron chi connectivity index (χ3n) is 4.00. The normalized spacial score (nSPS) is 23.2. The number of nitrogens with zero attached hydrogens (tertiary/aromatic N) is 2. The Morgan fingerprint density at radius 3 is 2.62 bits per heavy atom. The molecule has 0 bridgehead atoms. The molecular formula is C13H29N3. The van der Waals surface area contributed by atoms with Gasteiger partial charge in [-0.15, -0.1) is 0 Å². The van der Waals surface area contributed by atoms with Gasteiger partial charge in [0.15, 0.2) is 0 Å². The Bertz CT molecular complexity index is 203. The van der Waals surface area contributed by atoms with E-state index in [4.69, 9.17) is 0 Å². The highest BCUT2D eigenvalue weighted by molar-refractivity contribution is 4.82. The van der Waals surface area contributed by atoms with Crippen molar-refractivity contribution in [1.82, 2.24) is 15.1 Å². The first-order valence-corrected chi connectivity index (χ1v) is 6.50. The van der Waals surface area contributed by atoms with Crippen LogP contribution < -0.4 is 5.32 Å². The number of likely N-dealkylation sites (N-methyl/N-ethyl adjacent to an activating group) is 2. The van der Waals surface area contributed by atoms with Crippen LogP contribution in [0.5, 0.6) is 0 Å². The van der Waals surface area contributed by atoms with Crippen molar-refractivity contribution in [2.45, 2.75) is 32.2 Å². The van der Waals surface area contributed by atoms with Gasteiger partial charge in [0.1, 0.15) is 0 Å². The van der Waals surface area contributed by atoms with E-state index in [1.165, 1.54) is 32.5 Å². The summed E-state index contributed by atoms with van der Waals surface area (Å²) in [5, 5.41) is 3.27. The first kappa shape index (κ1) is 13.9. The lowest BCUT2D eigenvalue weighted by molar-refractivity contribution is 0.146. The molecule has 0 aromatic heterocycles. The van der Waals surface area contributed by atoms with Crippen molar-refractivity contribution in [1.29, 1.82) is 0 Å². The molecule has 1 aliphatic rings. The smallest absolute Gasteiger partial charge is 0.0274 e. The lowest BCUT2D eigenvalue weighted by Crippen LogP contribution is -2.48. The summed E-state index contributed by atoms with van der Waals surface area (Å²) in [7, 11) is 6.51. The SMILES string of the molecule is CNCC(C)(C)N(C)CCC1CCN(C)C1. The molecule has 96 valence electrons. The fraction of sp³-hybridized carbons (Fsp3) is 1.00. The van der Waals surface area contributed by atoms with E-state index in [0.29, 0.717) is 0 Å². The van der Waals surface area contributed by atoms with Crippen LogP contribution in [0.1, 0.15) is 26.7 Å². The molecule has 0 radical (unpaired) electrons. The Hall–Kier alpha value is -0.120. The van der Waals surface area contributed by atoms with Gasteiger partial charge in [-0.2, -0.15) is 0 Å². The first-order chi connectivity index (χ1) is 7.45. The lowest BCUT2D eigenvalue weighted by Gasteiger charge is -2.36. The van der Waals surface area contributed by atoms with Crippen LogP contribution in [0.2, 0.25) is 0 Å². The van der Waals surface area contributed by atoms with E-state index in [0.717, 1.165) is 12.5 Å². The summed E-state index contributed by atoms with van der Waals surface area (Å²) in [6.07, 6.45) is 2.73. The number of hydrogen-bond acceptors (Lipinski definition) is 3. The molecule has 3 nitrogen and oxygen atoms in total. The second-order valence-electron chi connectivity index (χ2n) is 5.97. The fourth-order valence-electron chi connectivity index (χ4n) is 2.51. The predicted octanol–water partition coefficient (Wildman–Crippen LogP) is 1.26. The summed E-state index contributed by atoms with van der Waals surface area (Å²) in [5.74, 6) is 0.915. The Balaban J connectivity index is 2.26. The number of rotatable bonds is 6. The van der Waals surface area contributed by atoms with Crippen molar-refractivity contribution in [3.8, 4) is 0 Å². The largest absolute Gasteiger partial charge is 0.318 e. The Kier molecular flexibility index (Phi) is 5.22. The second-order valence-corrected chi connectivity index (χ2v) is 5.97. The molecule has 0 aliphatic carbocycles. The van der Waals surface area contributed by atoms with E-state index < -0.39 is 0 Å². The maximum Gasteiger partial charge on any atom is 0.0274 e. The molecule has 1 fully saturated rings. The molecule has 0 saturated carbocycles. The van der Waals surface area contributed by atoms with Gasteiger partial charge in [0.05, 0.1) is 0 Å². The molecule has 0 aromatic carbocycles. The minimum atomic E-state index is 0.263. The topological polar surface area (TPSA) is 18.5 Å². The summed E-state index contributed by atoms with van der Waals surface area (Å²) < 4.78 is 0. The van der Waals surface area contributed by atoms with Crippen molar-refractivity contribution in [2.75, 3.05) is 47.3 Å². The van der Waals surface area contributed by atoms with Crippen LogP contribution in [-0.2, 0) is 0 Å². The van der Waals surface area contributed by atoms with Gasteiger partial charge in [-0.1, -0.05) is 0 Å². The third-order valence-corrected chi connectivity index (χ3v) is 4.00. The highest BCUT2D eigenvalue weighted by Gasteiger charge is 2.25. The van der Waals surface area contributed by atoms with Crippen molar-refractivity contribution < 1.29 is 0 Å². The molecule has 1 aliphatic heterocycles. The molecule has 3 heteroatoms. The minimum Gasteiger partial charge on any atom is -0.318 e. The second kappa shape index (κ2) is 5.99. The summed E-state index contributed by atoms with van der Waals surface area (Å²) in [4.78, 5) is 4.94. The summed E-state index contributed by atoms with van der Waals surface area (Å²) >= 11 is 0. The van der Waals surface area contributed by atoms with Gasteiger partial charge < -0.3 is 10.2 Å². The van der Waals surface area contributed by atoms with Crippen molar-refractivity contribution in [2.24, 2.45) is 5.92 Å². The van der Waals surface area contributed by atoms with Gasteiger partial charge in [-0.25, -0.2) is 0 Å². The Labute approximate surface area is 101 Å². The lowest BCUT2D eigenvalue weighted by atomic mass is 10.00. The maximum atomic E-state index is 3.27.